The van der Waals surface area contributed by atoms with Gasteiger partial charge in [0.25, 0.3) is 0 Å². The van der Waals surface area contributed by atoms with Gasteiger partial charge in [-0.3, -0.25) is 0 Å². The molecule has 1 unspecified atom stereocenters. The SMILES string of the molecule is C[C@@H]1O[Si]2(CCCNc3nc(Cl)nc(Cl)n3)O[C@@H]1[C@@H](C)O2. The van der Waals surface area contributed by atoms with E-state index in [1.807, 2.05) is 13.8 Å². The summed E-state index contributed by atoms with van der Waals surface area (Å²) < 4.78 is 17.7. The summed E-state index contributed by atoms with van der Waals surface area (Å²) in [6.45, 7) is 4.71. The fraction of sp³-hybridized carbons (Fsp3) is 0.727. The Kier molecular flexibility index (Phi) is 4.35. The van der Waals surface area contributed by atoms with Gasteiger partial charge < -0.3 is 18.6 Å². The van der Waals surface area contributed by atoms with Crippen LogP contribution in [0.5, 0.6) is 0 Å². The van der Waals surface area contributed by atoms with E-state index in [-0.39, 0.29) is 28.9 Å². The monoisotopic (exact) mass is 350 g/mol. The van der Waals surface area contributed by atoms with Crippen molar-refractivity contribution in [1.29, 1.82) is 0 Å². The van der Waals surface area contributed by atoms with E-state index in [0.717, 1.165) is 12.5 Å². The fourth-order valence-electron chi connectivity index (χ4n) is 2.65. The molecule has 10 heteroatoms. The van der Waals surface area contributed by atoms with Gasteiger partial charge in [0.1, 0.15) is 0 Å². The van der Waals surface area contributed by atoms with Crippen LogP contribution in [0.4, 0.5) is 5.95 Å². The predicted octanol–water partition coefficient (Wildman–Crippen LogP) is 2.14. The normalized spacial score (nSPS) is 34.4. The summed E-state index contributed by atoms with van der Waals surface area (Å²) in [5, 5.41) is 3.19. The van der Waals surface area contributed by atoms with Crippen LogP contribution in [0.15, 0.2) is 0 Å². The Labute approximate surface area is 133 Å². The van der Waals surface area contributed by atoms with Gasteiger partial charge in [-0.25, -0.2) is 0 Å². The third kappa shape index (κ3) is 3.30. The lowest BCUT2D eigenvalue weighted by Crippen LogP contribution is -2.44. The van der Waals surface area contributed by atoms with Crippen LogP contribution < -0.4 is 5.32 Å². The second kappa shape index (κ2) is 5.94. The van der Waals surface area contributed by atoms with Gasteiger partial charge >= 0.3 is 8.80 Å². The molecule has 0 radical (unpaired) electrons. The second-order valence-corrected chi connectivity index (χ2v) is 8.39. The number of anilines is 1. The van der Waals surface area contributed by atoms with Crippen molar-refractivity contribution in [2.45, 2.75) is 44.6 Å². The molecule has 0 spiro atoms. The molecule has 2 aliphatic heterocycles. The summed E-state index contributed by atoms with van der Waals surface area (Å²) in [7, 11) is -2.46. The lowest BCUT2D eigenvalue weighted by atomic mass is 10.1. The summed E-state index contributed by atoms with van der Waals surface area (Å²) in [4.78, 5) is 11.6. The summed E-state index contributed by atoms with van der Waals surface area (Å²) in [5.41, 5.74) is 0. The maximum Gasteiger partial charge on any atom is 0.502 e. The van der Waals surface area contributed by atoms with Crippen LogP contribution in [0, 0.1) is 0 Å². The van der Waals surface area contributed by atoms with Gasteiger partial charge in [0.05, 0.1) is 18.3 Å². The van der Waals surface area contributed by atoms with E-state index in [9.17, 15) is 0 Å². The van der Waals surface area contributed by atoms with Crippen molar-refractivity contribution >= 4 is 38.0 Å². The maximum absolute atomic E-state index is 5.96. The first-order chi connectivity index (χ1) is 9.97. The molecular weight excluding hydrogens is 335 g/mol. The highest BCUT2D eigenvalue weighted by Gasteiger charge is 2.60. The lowest BCUT2D eigenvalue weighted by Gasteiger charge is -2.26. The summed E-state index contributed by atoms with van der Waals surface area (Å²) in [5.74, 6) is 0.361. The van der Waals surface area contributed by atoms with E-state index < -0.39 is 8.80 Å². The number of hydrogen-bond donors (Lipinski definition) is 1. The molecule has 116 valence electrons. The first kappa shape index (κ1) is 15.4. The van der Waals surface area contributed by atoms with E-state index in [4.69, 9.17) is 36.5 Å². The van der Waals surface area contributed by atoms with Crippen molar-refractivity contribution < 1.29 is 13.3 Å². The summed E-state index contributed by atoms with van der Waals surface area (Å²) >= 11 is 11.4. The van der Waals surface area contributed by atoms with Crippen molar-refractivity contribution in [3.8, 4) is 0 Å². The van der Waals surface area contributed by atoms with E-state index in [1.165, 1.54) is 0 Å². The molecule has 1 aromatic rings. The van der Waals surface area contributed by atoms with Crippen molar-refractivity contribution in [2.75, 3.05) is 11.9 Å². The third-order valence-corrected chi connectivity index (χ3v) is 6.89. The van der Waals surface area contributed by atoms with E-state index in [2.05, 4.69) is 20.3 Å². The second-order valence-electron chi connectivity index (χ2n) is 5.14. The maximum atomic E-state index is 5.96. The van der Waals surface area contributed by atoms with Gasteiger partial charge in [0, 0.05) is 12.6 Å². The van der Waals surface area contributed by atoms with Gasteiger partial charge in [-0.2, -0.15) is 15.0 Å². The van der Waals surface area contributed by atoms with E-state index >= 15 is 0 Å². The molecule has 2 saturated heterocycles. The lowest BCUT2D eigenvalue weighted by molar-refractivity contribution is 0.0406. The number of fused-ring (bicyclic) bond motifs is 2. The average Bonchev–Trinajstić information content (AvgIpc) is 2.87. The molecule has 7 nitrogen and oxygen atoms in total. The van der Waals surface area contributed by atoms with Crippen LogP contribution in [0.1, 0.15) is 20.3 Å². The first-order valence-electron chi connectivity index (χ1n) is 6.82. The molecule has 0 amide bonds. The molecule has 2 bridgehead atoms. The Morgan fingerprint density at radius 1 is 1.05 bits per heavy atom. The Morgan fingerprint density at radius 2 is 1.67 bits per heavy atom. The Bertz CT molecular complexity index is 506. The molecular formula is C11H16Cl2N4O3Si. The zero-order valence-corrected chi connectivity index (χ0v) is 14.2. The highest BCUT2D eigenvalue weighted by atomic mass is 35.5. The van der Waals surface area contributed by atoms with Crippen LogP contribution in [0.25, 0.3) is 0 Å². The minimum atomic E-state index is -2.46. The average molecular weight is 351 g/mol. The summed E-state index contributed by atoms with van der Waals surface area (Å²) in [6, 6.07) is 0.762. The molecule has 0 aliphatic carbocycles. The standard InChI is InChI=1S/C11H16Cl2N4O3Si/c1-6-8-7(2)19-21(18-6,20-8)5-3-4-14-11-16-9(12)15-10(13)17-11/h6-8H,3-5H2,1-2H3,(H,14,15,16,17)/t6-,7+,8-,21?. The van der Waals surface area contributed by atoms with Crippen LogP contribution in [0.2, 0.25) is 16.6 Å². The number of nitrogens with zero attached hydrogens (tertiary/aromatic N) is 3. The quantitative estimate of drug-likeness (QED) is 0.643. The molecule has 0 aromatic carbocycles. The largest absolute Gasteiger partial charge is 0.502 e. The van der Waals surface area contributed by atoms with Crippen molar-refractivity contribution in [1.82, 2.24) is 15.0 Å². The van der Waals surface area contributed by atoms with Crippen LogP contribution >= 0.6 is 23.2 Å². The summed E-state index contributed by atoms with van der Waals surface area (Å²) in [6.07, 6.45) is 1.13. The number of halogens is 2. The molecule has 3 rings (SSSR count). The van der Waals surface area contributed by atoms with Crippen molar-refractivity contribution in [3.05, 3.63) is 10.6 Å². The van der Waals surface area contributed by atoms with Gasteiger partial charge in [-0.05, 0) is 43.5 Å². The number of rotatable bonds is 5. The molecule has 2 aliphatic rings. The zero-order valence-electron chi connectivity index (χ0n) is 11.7. The Hall–Kier alpha value is -0.513. The molecule has 21 heavy (non-hydrogen) atoms. The molecule has 2 fully saturated rings. The van der Waals surface area contributed by atoms with Crippen molar-refractivity contribution in [2.24, 2.45) is 0 Å². The van der Waals surface area contributed by atoms with E-state index in [0.29, 0.717) is 12.5 Å². The first-order valence-corrected chi connectivity index (χ1v) is 9.51. The van der Waals surface area contributed by atoms with Gasteiger partial charge in [-0.1, -0.05) is 0 Å². The minimum absolute atomic E-state index is 0.0672. The molecule has 1 aromatic heterocycles. The van der Waals surface area contributed by atoms with Gasteiger partial charge in [0.2, 0.25) is 16.5 Å². The molecule has 1 N–H and O–H groups in total. The smallest absolute Gasteiger partial charge is 0.368 e. The van der Waals surface area contributed by atoms with Crippen LogP contribution in [-0.4, -0.2) is 48.6 Å². The molecule has 0 saturated carbocycles. The third-order valence-electron chi connectivity index (χ3n) is 3.50. The van der Waals surface area contributed by atoms with Gasteiger partial charge in [-0.15, -0.1) is 0 Å². The Morgan fingerprint density at radius 3 is 2.24 bits per heavy atom. The van der Waals surface area contributed by atoms with Gasteiger partial charge in [0.15, 0.2) is 0 Å². The topological polar surface area (TPSA) is 78.4 Å². The number of hydrogen-bond acceptors (Lipinski definition) is 7. The number of aromatic nitrogens is 3. The zero-order chi connectivity index (χ0) is 15.0. The van der Waals surface area contributed by atoms with Crippen LogP contribution in [0.3, 0.4) is 0 Å². The minimum Gasteiger partial charge on any atom is -0.368 e. The predicted molar refractivity (Wildman–Crippen MR) is 79.5 cm³/mol. The molecule has 3 heterocycles. The van der Waals surface area contributed by atoms with Crippen molar-refractivity contribution in [3.63, 3.8) is 0 Å². The van der Waals surface area contributed by atoms with E-state index in [1.54, 1.807) is 0 Å². The Balaban J connectivity index is 1.49. The molecule has 4 atom stereocenters. The number of nitrogens with one attached hydrogen (secondary N) is 1. The fourth-order valence-corrected chi connectivity index (χ4v) is 6.34. The highest BCUT2D eigenvalue weighted by Crippen LogP contribution is 2.40. The van der Waals surface area contributed by atoms with Crippen LogP contribution in [-0.2, 0) is 13.3 Å². The highest BCUT2D eigenvalue weighted by molar-refractivity contribution is 6.62.